The Morgan fingerprint density at radius 3 is 3.10 bits per heavy atom. The van der Waals surface area contributed by atoms with Gasteiger partial charge in [-0.2, -0.15) is 0 Å². The van der Waals surface area contributed by atoms with E-state index >= 15 is 0 Å². The molecule has 2 heteroatoms. The Kier molecular flexibility index (Phi) is 2.29. The standard InChI is InChI=1S/C8H10O2/c1-2-8(9)5-7-3-4-10-6-7/h2-4,6,8-9H,1,5H2. The summed E-state index contributed by atoms with van der Waals surface area (Å²) in [5, 5.41) is 9.07. The highest BCUT2D eigenvalue weighted by Gasteiger charge is 2.00. The van der Waals surface area contributed by atoms with Crippen LogP contribution in [0.25, 0.3) is 0 Å². The molecule has 54 valence electrons. The smallest absolute Gasteiger partial charge is 0.0935 e. The van der Waals surface area contributed by atoms with Crippen LogP contribution < -0.4 is 0 Å². The summed E-state index contributed by atoms with van der Waals surface area (Å²) in [6.07, 6.45) is 4.84. The predicted octanol–water partition coefficient (Wildman–Crippen LogP) is 1.37. The first-order chi connectivity index (χ1) is 4.83. The highest BCUT2D eigenvalue weighted by Crippen LogP contribution is 2.03. The molecule has 1 rings (SSSR count). The largest absolute Gasteiger partial charge is 0.472 e. The lowest BCUT2D eigenvalue weighted by Gasteiger charge is -1.99. The normalized spacial score (nSPS) is 12.9. The van der Waals surface area contributed by atoms with Crippen LogP contribution in [0.2, 0.25) is 0 Å². The van der Waals surface area contributed by atoms with Crippen LogP contribution in [0.1, 0.15) is 5.56 Å². The number of rotatable bonds is 3. The minimum absolute atomic E-state index is 0.461. The lowest BCUT2D eigenvalue weighted by Crippen LogP contribution is -2.04. The van der Waals surface area contributed by atoms with Crippen molar-refractivity contribution < 1.29 is 9.52 Å². The second-order valence-electron chi connectivity index (χ2n) is 2.14. The van der Waals surface area contributed by atoms with Gasteiger partial charge in [0.2, 0.25) is 0 Å². The van der Waals surface area contributed by atoms with Gasteiger partial charge in [-0.15, -0.1) is 6.58 Å². The van der Waals surface area contributed by atoms with Gasteiger partial charge in [-0.05, 0) is 11.6 Å². The maximum absolute atomic E-state index is 9.07. The molecule has 1 heterocycles. The van der Waals surface area contributed by atoms with E-state index in [1.807, 2.05) is 6.07 Å². The van der Waals surface area contributed by atoms with Gasteiger partial charge in [-0.1, -0.05) is 6.08 Å². The molecule has 0 bridgehead atoms. The fourth-order valence-corrected chi connectivity index (χ4v) is 0.734. The fraction of sp³-hybridized carbons (Fsp3) is 0.250. The van der Waals surface area contributed by atoms with Crippen LogP contribution in [-0.2, 0) is 6.42 Å². The van der Waals surface area contributed by atoms with Crippen molar-refractivity contribution in [2.45, 2.75) is 12.5 Å². The third-order valence-electron chi connectivity index (χ3n) is 1.30. The molecule has 1 unspecified atom stereocenters. The Bertz CT molecular complexity index is 189. The topological polar surface area (TPSA) is 33.4 Å². The summed E-state index contributed by atoms with van der Waals surface area (Å²) in [4.78, 5) is 0. The molecule has 0 aliphatic heterocycles. The average Bonchev–Trinajstić information content (AvgIpc) is 2.40. The molecule has 1 aromatic heterocycles. The second-order valence-corrected chi connectivity index (χ2v) is 2.14. The Morgan fingerprint density at radius 1 is 1.80 bits per heavy atom. The van der Waals surface area contributed by atoms with E-state index in [1.165, 1.54) is 6.08 Å². The zero-order valence-corrected chi connectivity index (χ0v) is 5.66. The number of furan rings is 1. The Morgan fingerprint density at radius 2 is 2.60 bits per heavy atom. The van der Waals surface area contributed by atoms with Crippen LogP contribution in [-0.4, -0.2) is 11.2 Å². The van der Waals surface area contributed by atoms with Crippen molar-refractivity contribution in [2.24, 2.45) is 0 Å². The van der Waals surface area contributed by atoms with Crippen LogP contribution in [0.5, 0.6) is 0 Å². The lowest BCUT2D eigenvalue weighted by atomic mass is 10.1. The van der Waals surface area contributed by atoms with Gasteiger partial charge >= 0.3 is 0 Å². The molecule has 1 N–H and O–H groups in total. The predicted molar refractivity (Wildman–Crippen MR) is 38.6 cm³/mol. The fourth-order valence-electron chi connectivity index (χ4n) is 0.734. The first kappa shape index (κ1) is 7.09. The zero-order valence-electron chi connectivity index (χ0n) is 5.66. The van der Waals surface area contributed by atoms with Crippen LogP contribution in [0.15, 0.2) is 35.7 Å². The van der Waals surface area contributed by atoms with E-state index in [9.17, 15) is 0 Å². The van der Waals surface area contributed by atoms with Gasteiger partial charge < -0.3 is 9.52 Å². The summed E-state index contributed by atoms with van der Waals surface area (Å²) in [6, 6.07) is 1.83. The summed E-state index contributed by atoms with van der Waals surface area (Å²) >= 11 is 0. The van der Waals surface area contributed by atoms with E-state index in [0.717, 1.165) is 5.56 Å². The number of hydrogen-bond donors (Lipinski definition) is 1. The second kappa shape index (κ2) is 3.22. The number of aliphatic hydroxyl groups excluding tert-OH is 1. The van der Waals surface area contributed by atoms with Crippen molar-refractivity contribution in [2.75, 3.05) is 0 Å². The highest BCUT2D eigenvalue weighted by atomic mass is 16.3. The zero-order chi connectivity index (χ0) is 7.40. The molecule has 0 amide bonds. The molecule has 2 nitrogen and oxygen atoms in total. The van der Waals surface area contributed by atoms with E-state index in [0.29, 0.717) is 6.42 Å². The van der Waals surface area contributed by atoms with Gasteiger partial charge in [0, 0.05) is 6.42 Å². The summed E-state index contributed by atoms with van der Waals surface area (Å²) < 4.78 is 4.81. The maximum Gasteiger partial charge on any atom is 0.0935 e. The third kappa shape index (κ3) is 1.74. The van der Waals surface area contributed by atoms with Crippen molar-refractivity contribution in [3.05, 3.63) is 36.8 Å². The molecular weight excluding hydrogens is 128 g/mol. The molecule has 1 atom stereocenters. The van der Waals surface area contributed by atoms with Crippen molar-refractivity contribution in [1.82, 2.24) is 0 Å². The summed E-state index contributed by atoms with van der Waals surface area (Å²) in [5.41, 5.74) is 0.993. The summed E-state index contributed by atoms with van der Waals surface area (Å²) in [5.74, 6) is 0. The first-order valence-corrected chi connectivity index (χ1v) is 3.14. The third-order valence-corrected chi connectivity index (χ3v) is 1.30. The van der Waals surface area contributed by atoms with Gasteiger partial charge in [0.1, 0.15) is 0 Å². The Hall–Kier alpha value is -1.02. The van der Waals surface area contributed by atoms with Crippen LogP contribution in [0.3, 0.4) is 0 Å². The molecule has 10 heavy (non-hydrogen) atoms. The molecular formula is C8H10O2. The molecule has 0 aromatic carbocycles. The minimum Gasteiger partial charge on any atom is -0.472 e. The molecule has 0 aliphatic rings. The monoisotopic (exact) mass is 138 g/mol. The van der Waals surface area contributed by atoms with Crippen molar-refractivity contribution >= 4 is 0 Å². The van der Waals surface area contributed by atoms with Crippen molar-refractivity contribution in [1.29, 1.82) is 0 Å². The van der Waals surface area contributed by atoms with Gasteiger partial charge in [-0.25, -0.2) is 0 Å². The van der Waals surface area contributed by atoms with Gasteiger partial charge in [-0.3, -0.25) is 0 Å². The molecule has 0 saturated heterocycles. The first-order valence-electron chi connectivity index (χ1n) is 3.14. The van der Waals surface area contributed by atoms with Gasteiger partial charge in [0.05, 0.1) is 18.6 Å². The molecule has 0 fully saturated rings. The molecule has 0 aliphatic carbocycles. The lowest BCUT2D eigenvalue weighted by molar-refractivity contribution is 0.224. The van der Waals surface area contributed by atoms with E-state index in [4.69, 9.17) is 9.52 Å². The quantitative estimate of drug-likeness (QED) is 0.640. The number of hydrogen-bond acceptors (Lipinski definition) is 2. The van der Waals surface area contributed by atoms with Crippen molar-refractivity contribution in [3.63, 3.8) is 0 Å². The van der Waals surface area contributed by atoms with E-state index in [1.54, 1.807) is 12.5 Å². The molecule has 0 radical (unpaired) electrons. The highest BCUT2D eigenvalue weighted by molar-refractivity contribution is 5.08. The minimum atomic E-state index is -0.461. The van der Waals surface area contributed by atoms with Gasteiger partial charge in [0.25, 0.3) is 0 Å². The Labute approximate surface area is 59.8 Å². The van der Waals surface area contributed by atoms with E-state index in [-0.39, 0.29) is 0 Å². The van der Waals surface area contributed by atoms with Crippen molar-refractivity contribution in [3.8, 4) is 0 Å². The summed E-state index contributed by atoms with van der Waals surface area (Å²) in [7, 11) is 0. The Balaban J connectivity index is 2.47. The number of aliphatic hydroxyl groups is 1. The molecule has 0 spiro atoms. The van der Waals surface area contributed by atoms with Crippen LogP contribution >= 0.6 is 0 Å². The van der Waals surface area contributed by atoms with Crippen LogP contribution in [0, 0.1) is 0 Å². The van der Waals surface area contributed by atoms with Crippen LogP contribution in [0.4, 0.5) is 0 Å². The molecule has 0 saturated carbocycles. The molecule has 1 aromatic rings. The van der Waals surface area contributed by atoms with E-state index in [2.05, 4.69) is 6.58 Å². The SMILES string of the molecule is C=CC(O)Cc1ccoc1. The maximum atomic E-state index is 9.07. The average molecular weight is 138 g/mol. The van der Waals surface area contributed by atoms with E-state index < -0.39 is 6.10 Å². The van der Waals surface area contributed by atoms with Gasteiger partial charge in [0.15, 0.2) is 0 Å². The summed E-state index contributed by atoms with van der Waals surface area (Å²) in [6.45, 7) is 3.46.